The van der Waals surface area contributed by atoms with E-state index in [0.717, 1.165) is 28.7 Å². The molecule has 3 amide bonds. The highest BCUT2D eigenvalue weighted by atomic mass is 32.2. The standard InChI is InChI=1S/C30H25N3O6S2/c1-16-8-11-19(12-9-16)33-27(36)24-23(17-10-13-20(34)21(14-17)39-2)26-29(40-25(24)28(33)37)32(30(38)41-26)15-22(35)31-18-6-4-3-5-7-18/h3-14,23-25,34H,15H2,1-2H3,(H,31,35). The van der Waals surface area contributed by atoms with Crippen molar-refractivity contribution >= 4 is 52.2 Å². The van der Waals surface area contributed by atoms with Gasteiger partial charge in [-0.15, -0.1) is 0 Å². The number of fused-ring (bicyclic) bond motifs is 2. The van der Waals surface area contributed by atoms with Crippen molar-refractivity contribution in [2.24, 2.45) is 5.92 Å². The molecule has 0 bridgehead atoms. The van der Waals surface area contributed by atoms with E-state index in [1.165, 1.54) is 22.6 Å². The summed E-state index contributed by atoms with van der Waals surface area (Å²) in [5.74, 6) is -2.48. The first-order chi connectivity index (χ1) is 19.8. The molecule has 11 heteroatoms. The van der Waals surface area contributed by atoms with Crippen molar-refractivity contribution in [1.29, 1.82) is 0 Å². The number of thiazole rings is 1. The SMILES string of the molecule is COc1cc(C2c3sc(=O)n(CC(=O)Nc4ccccc4)c3SC3C(=O)N(c4ccc(C)cc4)C(=O)C32)ccc1O. The minimum absolute atomic E-state index is 0.0725. The van der Waals surface area contributed by atoms with Crippen molar-refractivity contribution in [3.63, 3.8) is 0 Å². The lowest BCUT2D eigenvalue weighted by Gasteiger charge is -2.31. The van der Waals surface area contributed by atoms with Crippen molar-refractivity contribution in [3.05, 3.63) is 98.5 Å². The fraction of sp³-hybridized carbons (Fsp3) is 0.200. The van der Waals surface area contributed by atoms with Gasteiger partial charge in [-0.1, -0.05) is 65.1 Å². The number of carbonyl (C=O) groups excluding carboxylic acids is 3. The number of hydrogen-bond donors (Lipinski definition) is 2. The molecule has 2 N–H and O–H groups in total. The number of ether oxygens (including phenoxy) is 1. The third kappa shape index (κ3) is 4.70. The maximum atomic E-state index is 14.0. The first-order valence-corrected chi connectivity index (χ1v) is 14.5. The Labute approximate surface area is 243 Å². The Morgan fingerprint density at radius 1 is 1.00 bits per heavy atom. The number of thioether (sulfide) groups is 1. The fourth-order valence-corrected chi connectivity index (χ4v) is 8.09. The second kappa shape index (κ2) is 10.6. The van der Waals surface area contributed by atoms with Crippen LogP contribution in [0.15, 0.2) is 82.6 Å². The average Bonchev–Trinajstić information content (AvgIpc) is 3.40. The van der Waals surface area contributed by atoms with Crippen molar-refractivity contribution in [1.82, 2.24) is 4.57 Å². The van der Waals surface area contributed by atoms with E-state index in [4.69, 9.17) is 4.74 Å². The Balaban J connectivity index is 1.44. The Hall–Kier alpha value is -4.35. The van der Waals surface area contributed by atoms with E-state index >= 15 is 0 Å². The number of hydrogen-bond acceptors (Lipinski definition) is 8. The number of para-hydroxylation sites is 1. The van der Waals surface area contributed by atoms with Crippen molar-refractivity contribution < 1.29 is 24.2 Å². The molecular weight excluding hydrogens is 562 g/mol. The zero-order valence-corrected chi connectivity index (χ0v) is 23.7. The molecule has 41 heavy (non-hydrogen) atoms. The predicted molar refractivity (Wildman–Crippen MR) is 157 cm³/mol. The minimum atomic E-state index is -0.821. The average molecular weight is 588 g/mol. The van der Waals surface area contributed by atoms with Crippen LogP contribution >= 0.6 is 23.1 Å². The molecule has 1 saturated heterocycles. The van der Waals surface area contributed by atoms with Gasteiger partial charge in [0.15, 0.2) is 11.5 Å². The van der Waals surface area contributed by atoms with E-state index in [2.05, 4.69) is 5.32 Å². The largest absolute Gasteiger partial charge is 0.504 e. The third-order valence-corrected chi connectivity index (χ3v) is 9.87. The van der Waals surface area contributed by atoms with Crippen LogP contribution in [0, 0.1) is 12.8 Å². The highest BCUT2D eigenvalue weighted by Crippen LogP contribution is 2.54. The van der Waals surface area contributed by atoms with E-state index in [1.807, 2.05) is 25.1 Å². The molecule has 0 spiro atoms. The van der Waals surface area contributed by atoms with Crippen LogP contribution in [0.5, 0.6) is 11.5 Å². The van der Waals surface area contributed by atoms with Crippen LogP contribution in [0.25, 0.3) is 0 Å². The molecule has 1 aromatic heterocycles. The van der Waals surface area contributed by atoms with Gasteiger partial charge in [-0.3, -0.25) is 23.7 Å². The molecule has 0 saturated carbocycles. The number of carbonyl (C=O) groups is 3. The van der Waals surface area contributed by atoms with Crippen LogP contribution < -0.4 is 19.8 Å². The first-order valence-electron chi connectivity index (χ1n) is 12.8. The number of aromatic hydroxyl groups is 1. The number of phenols is 1. The monoisotopic (exact) mass is 587 g/mol. The predicted octanol–water partition coefficient (Wildman–Crippen LogP) is 4.37. The second-order valence-electron chi connectivity index (χ2n) is 9.86. The van der Waals surface area contributed by atoms with Gasteiger partial charge in [-0.05, 0) is 48.9 Å². The first kappa shape index (κ1) is 26.9. The van der Waals surface area contributed by atoms with Gasteiger partial charge in [-0.25, -0.2) is 4.90 Å². The van der Waals surface area contributed by atoms with Gasteiger partial charge in [0.2, 0.25) is 17.7 Å². The highest BCUT2D eigenvalue weighted by molar-refractivity contribution is 8.00. The van der Waals surface area contributed by atoms with Gasteiger partial charge in [0.05, 0.1) is 23.7 Å². The highest BCUT2D eigenvalue weighted by Gasteiger charge is 2.57. The lowest BCUT2D eigenvalue weighted by atomic mass is 9.83. The summed E-state index contributed by atoms with van der Waals surface area (Å²) in [6.45, 7) is 1.67. The Morgan fingerprint density at radius 2 is 1.73 bits per heavy atom. The normalized spacial score (nSPS) is 19.6. The fourth-order valence-electron chi connectivity index (χ4n) is 5.32. The molecule has 3 atom stereocenters. The van der Waals surface area contributed by atoms with Gasteiger partial charge in [0, 0.05) is 16.5 Å². The molecule has 6 rings (SSSR count). The Bertz CT molecular complexity index is 1730. The number of benzene rings is 3. The molecule has 3 aromatic carbocycles. The van der Waals surface area contributed by atoms with E-state index in [-0.39, 0.29) is 40.6 Å². The van der Waals surface area contributed by atoms with Gasteiger partial charge in [0.1, 0.15) is 11.8 Å². The number of rotatable bonds is 6. The van der Waals surface area contributed by atoms with Gasteiger partial charge < -0.3 is 15.2 Å². The second-order valence-corrected chi connectivity index (χ2v) is 12.0. The van der Waals surface area contributed by atoms with Crippen LogP contribution in [0.3, 0.4) is 0 Å². The summed E-state index contributed by atoms with van der Waals surface area (Å²) in [6.07, 6.45) is 0. The van der Waals surface area contributed by atoms with Crippen molar-refractivity contribution in [2.75, 3.05) is 17.3 Å². The summed E-state index contributed by atoms with van der Waals surface area (Å²) < 4.78 is 6.70. The molecule has 0 radical (unpaired) electrons. The van der Waals surface area contributed by atoms with Crippen LogP contribution in [0.4, 0.5) is 11.4 Å². The van der Waals surface area contributed by atoms with Gasteiger partial charge in [-0.2, -0.15) is 0 Å². The molecule has 3 unspecified atom stereocenters. The number of aromatic nitrogens is 1. The van der Waals surface area contributed by atoms with Crippen LogP contribution in [-0.4, -0.2) is 39.8 Å². The van der Waals surface area contributed by atoms with Crippen LogP contribution in [0.1, 0.15) is 21.9 Å². The lowest BCUT2D eigenvalue weighted by Crippen LogP contribution is -2.33. The summed E-state index contributed by atoms with van der Waals surface area (Å²) in [5, 5.41) is 12.7. The molecule has 2 aliphatic rings. The number of anilines is 2. The molecule has 0 aliphatic carbocycles. The number of nitrogens with one attached hydrogen (secondary N) is 1. The molecule has 3 heterocycles. The van der Waals surface area contributed by atoms with Crippen molar-refractivity contribution in [2.45, 2.75) is 29.7 Å². The number of phenolic OH excluding ortho intramolecular Hbond substituents is 1. The number of aryl methyl sites for hydroxylation is 1. The van der Waals surface area contributed by atoms with Gasteiger partial charge in [0.25, 0.3) is 0 Å². The maximum absolute atomic E-state index is 14.0. The Morgan fingerprint density at radius 3 is 2.44 bits per heavy atom. The number of methoxy groups -OCH3 is 1. The summed E-state index contributed by atoms with van der Waals surface area (Å²) >= 11 is 2.11. The summed E-state index contributed by atoms with van der Waals surface area (Å²) in [6, 6.07) is 20.8. The molecule has 1 fully saturated rings. The maximum Gasteiger partial charge on any atom is 0.308 e. The van der Waals surface area contributed by atoms with Crippen LogP contribution in [0.2, 0.25) is 0 Å². The van der Waals surface area contributed by atoms with E-state index in [9.17, 15) is 24.3 Å². The topological polar surface area (TPSA) is 118 Å². The summed E-state index contributed by atoms with van der Waals surface area (Å²) in [4.78, 5) is 55.5. The summed E-state index contributed by atoms with van der Waals surface area (Å²) in [7, 11) is 1.42. The number of amides is 3. The third-order valence-electron chi connectivity index (χ3n) is 7.26. The smallest absolute Gasteiger partial charge is 0.308 e. The molecule has 208 valence electrons. The molecule has 2 aliphatic heterocycles. The molecule has 9 nitrogen and oxygen atoms in total. The van der Waals surface area contributed by atoms with E-state index < -0.39 is 17.1 Å². The summed E-state index contributed by atoms with van der Waals surface area (Å²) in [5.41, 5.74) is 2.69. The van der Waals surface area contributed by atoms with Crippen molar-refractivity contribution in [3.8, 4) is 11.5 Å². The molecular formula is C30H25N3O6S2. The molecule has 4 aromatic rings. The number of nitrogens with zero attached hydrogens (tertiary/aromatic N) is 2. The zero-order valence-electron chi connectivity index (χ0n) is 22.1. The quantitative estimate of drug-likeness (QED) is 0.322. The lowest BCUT2D eigenvalue weighted by molar-refractivity contribution is -0.122. The van der Waals surface area contributed by atoms with Crippen LogP contribution in [-0.2, 0) is 20.9 Å². The van der Waals surface area contributed by atoms with E-state index in [0.29, 0.717) is 26.8 Å². The number of imide groups is 1. The van der Waals surface area contributed by atoms with E-state index in [1.54, 1.807) is 48.5 Å². The Kier molecular flexibility index (Phi) is 6.92. The minimum Gasteiger partial charge on any atom is -0.504 e. The zero-order chi connectivity index (χ0) is 28.8. The van der Waals surface area contributed by atoms with Gasteiger partial charge >= 0.3 is 4.87 Å².